The van der Waals surface area contributed by atoms with Gasteiger partial charge in [-0.05, 0) is 48.2 Å². The summed E-state index contributed by atoms with van der Waals surface area (Å²) < 4.78 is 5.54. The highest BCUT2D eigenvalue weighted by Gasteiger charge is 2.12. The quantitative estimate of drug-likeness (QED) is 0.661. The average molecular weight is 342 g/mol. The van der Waals surface area contributed by atoms with Crippen LogP contribution in [-0.2, 0) is 11.2 Å². The zero-order valence-corrected chi connectivity index (χ0v) is 14.8. The van der Waals surface area contributed by atoms with Crippen molar-refractivity contribution in [2.24, 2.45) is 0 Å². The van der Waals surface area contributed by atoms with Crippen molar-refractivity contribution >= 4 is 34.2 Å². The number of carbonyl (C=O) groups is 1. The van der Waals surface area contributed by atoms with Crippen molar-refractivity contribution in [3.05, 3.63) is 64.4 Å². The molecule has 0 aliphatic carbocycles. The molecule has 0 spiro atoms. The minimum Gasteiger partial charge on any atom is -0.464 e. The van der Waals surface area contributed by atoms with Gasteiger partial charge in [0.15, 0.2) is 0 Å². The van der Waals surface area contributed by atoms with E-state index in [2.05, 4.69) is 19.2 Å². The van der Waals surface area contributed by atoms with Gasteiger partial charge in [-0.3, -0.25) is 4.79 Å². The molecule has 4 heteroatoms. The molecule has 1 aromatic heterocycles. The van der Waals surface area contributed by atoms with Crippen molar-refractivity contribution in [2.75, 3.05) is 5.32 Å². The molecule has 0 saturated heterocycles. The Labute approximate surface area is 146 Å². The Morgan fingerprint density at radius 2 is 1.92 bits per heavy atom. The van der Waals surface area contributed by atoms with E-state index in [4.69, 9.17) is 16.0 Å². The van der Waals surface area contributed by atoms with Crippen molar-refractivity contribution in [1.29, 1.82) is 0 Å². The lowest BCUT2D eigenvalue weighted by molar-refractivity contribution is -0.115. The molecule has 24 heavy (non-hydrogen) atoms. The van der Waals surface area contributed by atoms with Crippen LogP contribution in [0.2, 0.25) is 5.02 Å². The van der Waals surface area contributed by atoms with Crippen LogP contribution in [0, 0.1) is 6.92 Å². The van der Waals surface area contributed by atoms with Crippen LogP contribution in [0.25, 0.3) is 11.0 Å². The molecular weight excluding hydrogens is 322 g/mol. The Kier molecular flexibility index (Phi) is 4.63. The zero-order valence-electron chi connectivity index (χ0n) is 14.0. The van der Waals surface area contributed by atoms with Gasteiger partial charge in [0, 0.05) is 21.7 Å². The summed E-state index contributed by atoms with van der Waals surface area (Å²) in [4.78, 5) is 12.3. The van der Waals surface area contributed by atoms with Gasteiger partial charge in [-0.2, -0.15) is 0 Å². The molecule has 0 saturated carbocycles. The van der Waals surface area contributed by atoms with Crippen molar-refractivity contribution in [1.82, 2.24) is 0 Å². The number of halogens is 1. The summed E-state index contributed by atoms with van der Waals surface area (Å²) in [5.41, 5.74) is 4.59. The molecule has 124 valence electrons. The zero-order chi connectivity index (χ0) is 17.3. The maximum atomic E-state index is 12.3. The van der Waals surface area contributed by atoms with E-state index in [-0.39, 0.29) is 12.3 Å². The predicted octanol–water partition coefficient (Wildman–Crippen LogP) is 5.70. The molecule has 3 rings (SSSR count). The first-order valence-electron chi connectivity index (χ1n) is 8.00. The molecule has 3 nitrogen and oxygen atoms in total. The third-order valence-electron chi connectivity index (χ3n) is 4.15. The van der Waals surface area contributed by atoms with Crippen LogP contribution in [0.1, 0.15) is 36.5 Å². The lowest BCUT2D eigenvalue weighted by Gasteiger charge is -2.08. The number of benzene rings is 2. The monoisotopic (exact) mass is 341 g/mol. The minimum absolute atomic E-state index is 0.0771. The Balaban J connectivity index is 1.74. The van der Waals surface area contributed by atoms with Gasteiger partial charge in [-0.15, -0.1) is 0 Å². The first kappa shape index (κ1) is 16.6. The van der Waals surface area contributed by atoms with Gasteiger partial charge in [0.05, 0.1) is 12.7 Å². The molecule has 0 aliphatic rings. The number of amides is 1. The molecule has 3 aromatic rings. The molecule has 0 unspecified atom stereocenters. The minimum atomic E-state index is -0.0771. The van der Waals surface area contributed by atoms with Gasteiger partial charge in [-0.1, -0.05) is 37.6 Å². The third kappa shape index (κ3) is 3.46. The van der Waals surface area contributed by atoms with Crippen molar-refractivity contribution < 1.29 is 9.21 Å². The number of furan rings is 1. The standard InChI is InChI=1S/C20H20ClNO2/c1-12(2)14-4-6-16(7-5-14)22-20(23)9-15-11-24-19-8-13(3)18(21)10-17(15)19/h4-8,10-12H,9H2,1-3H3,(H,22,23). The molecule has 0 fully saturated rings. The van der Waals surface area contributed by atoms with Crippen LogP contribution in [0.3, 0.4) is 0 Å². The molecule has 0 bridgehead atoms. The molecular formula is C20H20ClNO2. The van der Waals surface area contributed by atoms with Crippen LogP contribution in [0.5, 0.6) is 0 Å². The fourth-order valence-corrected chi connectivity index (χ4v) is 2.83. The number of hydrogen-bond donors (Lipinski definition) is 1. The van der Waals surface area contributed by atoms with Gasteiger partial charge in [-0.25, -0.2) is 0 Å². The Morgan fingerprint density at radius 3 is 2.58 bits per heavy atom. The summed E-state index contributed by atoms with van der Waals surface area (Å²) in [6.45, 7) is 6.21. The molecule has 1 heterocycles. The van der Waals surface area contributed by atoms with E-state index in [1.807, 2.05) is 43.3 Å². The average Bonchev–Trinajstić information content (AvgIpc) is 2.90. The van der Waals surface area contributed by atoms with Gasteiger partial charge in [0.2, 0.25) is 5.91 Å². The van der Waals surface area contributed by atoms with E-state index in [1.165, 1.54) is 5.56 Å². The highest BCUT2D eigenvalue weighted by atomic mass is 35.5. The molecule has 0 atom stereocenters. The van der Waals surface area contributed by atoms with E-state index >= 15 is 0 Å². The number of anilines is 1. The fourth-order valence-electron chi connectivity index (χ4n) is 2.67. The largest absolute Gasteiger partial charge is 0.464 e. The molecule has 0 radical (unpaired) electrons. The Bertz CT molecular complexity index is 879. The number of nitrogens with one attached hydrogen (secondary N) is 1. The number of hydrogen-bond acceptors (Lipinski definition) is 2. The van der Waals surface area contributed by atoms with Crippen LogP contribution in [-0.4, -0.2) is 5.91 Å². The van der Waals surface area contributed by atoms with E-state index in [0.717, 1.165) is 27.8 Å². The first-order valence-corrected chi connectivity index (χ1v) is 8.38. The van der Waals surface area contributed by atoms with Crippen LogP contribution >= 0.6 is 11.6 Å². The maximum Gasteiger partial charge on any atom is 0.228 e. The lowest BCUT2D eigenvalue weighted by atomic mass is 10.0. The van der Waals surface area contributed by atoms with Crippen molar-refractivity contribution in [3.63, 3.8) is 0 Å². The smallest absolute Gasteiger partial charge is 0.228 e. The lowest BCUT2D eigenvalue weighted by Crippen LogP contribution is -2.14. The fraction of sp³-hybridized carbons (Fsp3) is 0.250. The number of aryl methyl sites for hydroxylation is 1. The predicted molar refractivity (Wildman–Crippen MR) is 98.8 cm³/mol. The molecule has 1 N–H and O–H groups in total. The molecule has 1 amide bonds. The second-order valence-corrected chi connectivity index (χ2v) is 6.77. The summed E-state index contributed by atoms with van der Waals surface area (Å²) in [5.74, 6) is 0.395. The highest BCUT2D eigenvalue weighted by molar-refractivity contribution is 6.32. The van der Waals surface area contributed by atoms with E-state index in [1.54, 1.807) is 6.26 Å². The SMILES string of the molecule is Cc1cc2occ(CC(=O)Nc3ccc(C(C)C)cc3)c2cc1Cl. The summed E-state index contributed by atoms with van der Waals surface area (Å²) in [6.07, 6.45) is 1.88. The molecule has 0 aliphatic heterocycles. The molecule has 2 aromatic carbocycles. The van der Waals surface area contributed by atoms with Crippen LogP contribution in [0.4, 0.5) is 5.69 Å². The van der Waals surface area contributed by atoms with Crippen LogP contribution in [0.15, 0.2) is 47.1 Å². The van der Waals surface area contributed by atoms with E-state index < -0.39 is 0 Å². The second kappa shape index (κ2) is 6.70. The summed E-state index contributed by atoms with van der Waals surface area (Å²) in [7, 11) is 0. The van der Waals surface area contributed by atoms with Gasteiger partial charge < -0.3 is 9.73 Å². The second-order valence-electron chi connectivity index (χ2n) is 6.36. The Morgan fingerprint density at radius 1 is 1.21 bits per heavy atom. The summed E-state index contributed by atoms with van der Waals surface area (Å²) >= 11 is 6.18. The Hall–Kier alpha value is -2.26. The van der Waals surface area contributed by atoms with Gasteiger partial charge in [0.25, 0.3) is 0 Å². The summed E-state index contributed by atoms with van der Waals surface area (Å²) in [5, 5.41) is 4.48. The van der Waals surface area contributed by atoms with Crippen LogP contribution < -0.4 is 5.32 Å². The number of rotatable bonds is 4. The van der Waals surface area contributed by atoms with Crippen molar-refractivity contribution in [2.45, 2.75) is 33.1 Å². The first-order chi connectivity index (χ1) is 11.4. The topological polar surface area (TPSA) is 42.2 Å². The number of carbonyl (C=O) groups excluding carboxylic acids is 1. The number of fused-ring (bicyclic) bond motifs is 1. The normalized spacial score (nSPS) is 11.2. The third-order valence-corrected chi connectivity index (χ3v) is 4.55. The van der Waals surface area contributed by atoms with E-state index in [9.17, 15) is 4.79 Å². The van der Waals surface area contributed by atoms with E-state index in [0.29, 0.717) is 10.9 Å². The maximum absolute atomic E-state index is 12.3. The highest BCUT2D eigenvalue weighted by Crippen LogP contribution is 2.28. The van der Waals surface area contributed by atoms with Gasteiger partial charge in [0.1, 0.15) is 5.58 Å². The summed E-state index contributed by atoms with van der Waals surface area (Å²) in [6, 6.07) is 11.7. The van der Waals surface area contributed by atoms with Gasteiger partial charge >= 0.3 is 0 Å². The van der Waals surface area contributed by atoms with Crippen molar-refractivity contribution in [3.8, 4) is 0 Å².